The number of nitrogens with zero attached hydrogens (tertiary/aromatic N) is 3. The molecule has 0 spiro atoms. The molecule has 0 fully saturated rings. The number of hydrogen-bond acceptors (Lipinski definition) is 4. The Balaban J connectivity index is 2.13. The predicted molar refractivity (Wildman–Crippen MR) is 84.2 cm³/mol. The van der Waals surface area contributed by atoms with Crippen LogP contribution >= 0.6 is 11.3 Å². The minimum Gasteiger partial charge on any atom is -0.369 e. The van der Waals surface area contributed by atoms with E-state index in [9.17, 15) is 0 Å². The van der Waals surface area contributed by atoms with Crippen molar-refractivity contribution >= 4 is 28.3 Å². The molecule has 1 unspecified atom stereocenters. The van der Waals surface area contributed by atoms with Crippen molar-refractivity contribution in [3.8, 4) is 0 Å². The molecule has 0 amide bonds. The van der Waals surface area contributed by atoms with Crippen LogP contribution in [0.2, 0.25) is 0 Å². The highest BCUT2D eigenvalue weighted by atomic mass is 32.1. The monoisotopic (exact) mass is 286 g/mol. The van der Waals surface area contributed by atoms with Crippen LogP contribution in [0, 0.1) is 6.92 Å². The van der Waals surface area contributed by atoms with Crippen LogP contribution in [0.1, 0.15) is 35.3 Å². The molecule has 0 aliphatic rings. The molecular formula is C15H18N4S. The third-order valence-corrected chi connectivity index (χ3v) is 4.93. The number of nitrogen functional groups attached to an aromatic ring is 1. The maximum Gasteiger partial charge on any atom is 0.201 e. The fraction of sp³-hybridized carbons (Fsp3) is 0.333. The summed E-state index contributed by atoms with van der Waals surface area (Å²) in [5.74, 6) is 0.551. The van der Waals surface area contributed by atoms with Crippen molar-refractivity contribution in [1.29, 1.82) is 0 Å². The summed E-state index contributed by atoms with van der Waals surface area (Å²) in [6.45, 7) is 6.33. The molecule has 0 aliphatic carbocycles. The van der Waals surface area contributed by atoms with Gasteiger partial charge < -0.3 is 10.3 Å². The molecule has 0 bridgehead atoms. The van der Waals surface area contributed by atoms with Crippen LogP contribution in [-0.2, 0) is 6.42 Å². The van der Waals surface area contributed by atoms with E-state index in [1.54, 1.807) is 11.3 Å². The lowest BCUT2D eigenvalue weighted by molar-refractivity contribution is 0.662. The van der Waals surface area contributed by atoms with Gasteiger partial charge in [0, 0.05) is 11.1 Å². The minimum absolute atomic E-state index is 0.104. The van der Waals surface area contributed by atoms with Crippen molar-refractivity contribution in [3.05, 3.63) is 39.8 Å². The van der Waals surface area contributed by atoms with E-state index in [4.69, 9.17) is 5.73 Å². The van der Waals surface area contributed by atoms with Crippen molar-refractivity contribution < 1.29 is 0 Å². The summed E-state index contributed by atoms with van der Waals surface area (Å²) in [4.78, 5) is 10.3. The molecule has 4 nitrogen and oxygen atoms in total. The van der Waals surface area contributed by atoms with Crippen molar-refractivity contribution in [2.45, 2.75) is 33.2 Å². The van der Waals surface area contributed by atoms with E-state index in [-0.39, 0.29) is 6.04 Å². The largest absolute Gasteiger partial charge is 0.369 e. The van der Waals surface area contributed by atoms with Gasteiger partial charge in [0.1, 0.15) is 5.01 Å². The van der Waals surface area contributed by atoms with Gasteiger partial charge in [0.25, 0.3) is 0 Å². The summed E-state index contributed by atoms with van der Waals surface area (Å²) in [5, 5.41) is 1.08. The molecule has 3 rings (SSSR count). The number of fused-ring (bicyclic) bond motifs is 1. The average molecular weight is 286 g/mol. The van der Waals surface area contributed by atoms with Gasteiger partial charge >= 0.3 is 0 Å². The zero-order valence-electron chi connectivity index (χ0n) is 11.9. The van der Waals surface area contributed by atoms with Gasteiger partial charge in [-0.3, -0.25) is 0 Å². The van der Waals surface area contributed by atoms with Crippen LogP contribution in [0.3, 0.4) is 0 Å². The predicted octanol–water partition coefficient (Wildman–Crippen LogP) is 3.56. The van der Waals surface area contributed by atoms with E-state index in [0.29, 0.717) is 5.95 Å². The number of hydrogen-bond donors (Lipinski definition) is 1. The van der Waals surface area contributed by atoms with Gasteiger partial charge in [0.2, 0.25) is 5.95 Å². The van der Waals surface area contributed by atoms with Gasteiger partial charge in [-0.15, -0.1) is 11.3 Å². The molecule has 104 valence electrons. The summed E-state index contributed by atoms with van der Waals surface area (Å²) in [6, 6.07) is 6.27. The lowest BCUT2D eigenvalue weighted by atomic mass is 10.2. The van der Waals surface area contributed by atoms with Crippen molar-refractivity contribution in [2.24, 2.45) is 0 Å². The summed E-state index contributed by atoms with van der Waals surface area (Å²) in [5.41, 5.74) is 9.32. The molecule has 0 radical (unpaired) electrons. The summed E-state index contributed by atoms with van der Waals surface area (Å²) in [6.07, 6.45) is 2.97. The van der Waals surface area contributed by atoms with Crippen LogP contribution < -0.4 is 5.73 Å². The number of aryl methyl sites for hydroxylation is 2. The number of thiazole rings is 1. The molecule has 1 atom stereocenters. The van der Waals surface area contributed by atoms with Crippen LogP contribution in [0.5, 0.6) is 0 Å². The standard InChI is InChI=1S/C15H18N4S/c1-4-11-8-17-14(20-11)10(3)19-12-7-5-6-9(2)13(12)18-15(19)16/h5-8,10H,4H2,1-3H3,(H2,16,18). The van der Waals surface area contributed by atoms with Crippen LogP contribution in [0.25, 0.3) is 11.0 Å². The van der Waals surface area contributed by atoms with E-state index in [2.05, 4.69) is 47.4 Å². The van der Waals surface area contributed by atoms with Crippen LogP contribution in [0.15, 0.2) is 24.4 Å². The fourth-order valence-corrected chi connectivity index (χ4v) is 3.37. The summed E-state index contributed by atoms with van der Waals surface area (Å²) in [7, 11) is 0. The number of aromatic nitrogens is 3. The molecule has 0 saturated carbocycles. The number of rotatable bonds is 3. The Morgan fingerprint density at radius 3 is 2.90 bits per heavy atom. The first-order valence-electron chi connectivity index (χ1n) is 6.79. The van der Waals surface area contributed by atoms with Crippen LogP contribution in [-0.4, -0.2) is 14.5 Å². The Labute approximate surface area is 122 Å². The third-order valence-electron chi connectivity index (χ3n) is 3.61. The molecule has 20 heavy (non-hydrogen) atoms. The molecule has 0 saturated heterocycles. The topological polar surface area (TPSA) is 56.7 Å². The Hall–Kier alpha value is -1.88. The van der Waals surface area contributed by atoms with Crippen molar-refractivity contribution in [3.63, 3.8) is 0 Å². The van der Waals surface area contributed by atoms with Gasteiger partial charge in [0.05, 0.1) is 17.1 Å². The second-order valence-electron chi connectivity index (χ2n) is 4.98. The maximum atomic E-state index is 6.13. The normalized spacial score (nSPS) is 12.9. The molecule has 2 aromatic heterocycles. The zero-order chi connectivity index (χ0) is 14.3. The van der Waals surface area contributed by atoms with Gasteiger partial charge in [-0.05, 0) is 31.9 Å². The summed E-state index contributed by atoms with van der Waals surface area (Å²) >= 11 is 1.75. The third kappa shape index (κ3) is 1.98. The minimum atomic E-state index is 0.104. The Morgan fingerprint density at radius 2 is 2.20 bits per heavy atom. The van der Waals surface area contributed by atoms with Gasteiger partial charge in [-0.1, -0.05) is 19.1 Å². The number of nitrogens with two attached hydrogens (primary N) is 1. The van der Waals surface area contributed by atoms with E-state index in [1.807, 2.05) is 12.3 Å². The number of para-hydroxylation sites is 1. The molecule has 3 aromatic rings. The highest BCUT2D eigenvalue weighted by molar-refractivity contribution is 7.11. The van der Waals surface area contributed by atoms with E-state index >= 15 is 0 Å². The zero-order valence-corrected chi connectivity index (χ0v) is 12.7. The number of imidazole rings is 1. The highest BCUT2D eigenvalue weighted by Crippen LogP contribution is 2.30. The Kier molecular flexibility index (Phi) is 3.22. The first-order chi connectivity index (χ1) is 9.61. The van der Waals surface area contributed by atoms with E-state index in [1.165, 1.54) is 4.88 Å². The second kappa shape index (κ2) is 4.90. The molecular weight excluding hydrogens is 268 g/mol. The second-order valence-corrected chi connectivity index (χ2v) is 6.12. The van der Waals surface area contributed by atoms with Crippen molar-refractivity contribution in [1.82, 2.24) is 14.5 Å². The highest BCUT2D eigenvalue weighted by Gasteiger charge is 2.18. The smallest absolute Gasteiger partial charge is 0.201 e. The van der Waals surface area contributed by atoms with E-state index < -0.39 is 0 Å². The van der Waals surface area contributed by atoms with Gasteiger partial charge in [0.15, 0.2) is 0 Å². The quantitative estimate of drug-likeness (QED) is 0.801. The van der Waals surface area contributed by atoms with E-state index in [0.717, 1.165) is 28.0 Å². The molecule has 2 heterocycles. The molecule has 5 heteroatoms. The maximum absolute atomic E-state index is 6.13. The first-order valence-corrected chi connectivity index (χ1v) is 7.61. The lowest BCUT2D eigenvalue weighted by Crippen LogP contribution is -2.09. The first kappa shape index (κ1) is 13.1. The average Bonchev–Trinajstić information content (AvgIpc) is 3.03. The molecule has 0 aliphatic heterocycles. The lowest BCUT2D eigenvalue weighted by Gasteiger charge is -2.13. The molecule has 1 aromatic carbocycles. The fourth-order valence-electron chi connectivity index (χ4n) is 2.47. The molecule has 2 N–H and O–H groups in total. The van der Waals surface area contributed by atoms with Crippen LogP contribution in [0.4, 0.5) is 5.95 Å². The van der Waals surface area contributed by atoms with Gasteiger partial charge in [-0.2, -0.15) is 0 Å². The number of anilines is 1. The SMILES string of the molecule is CCc1cnc(C(C)n2c(N)nc3c(C)cccc32)s1. The van der Waals surface area contributed by atoms with Gasteiger partial charge in [-0.25, -0.2) is 9.97 Å². The number of benzene rings is 1. The summed E-state index contributed by atoms with van der Waals surface area (Å²) < 4.78 is 2.07. The van der Waals surface area contributed by atoms with Crippen molar-refractivity contribution in [2.75, 3.05) is 5.73 Å². The Morgan fingerprint density at radius 1 is 1.40 bits per heavy atom. The Bertz CT molecular complexity index is 756.